The lowest BCUT2D eigenvalue weighted by Crippen LogP contribution is -2.33. The van der Waals surface area contributed by atoms with Crippen LogP contribution in [-0.2, 0) is 6.54 Å². The highest BCUT2D eigenvalue weighted by molar-refractivity contribution is 9.10. The van der Waals surface area contributed by atoms with Crippen LogP contribution in [0.15, 0.2) is 22.7 Å². The van der Waals surface area contributed by atoms with Crippen molar-refractivity contribution in [2.45, 2.75) is 32.9 Å². The second-order valence-corrected chi connectivity index (χ2v) is 6.46. The van der Waals surface area contributed by atoms with Crippen molar-refractivity contribution in [2.24, 2.45) is 0 Å². The Morgan fingerprint density at radius 3 is 2.63 bits per heavy atom. The predicted molar refractivity (Wildman–Crippen MR) is 92.4 cm³/mol. The van der Waals surface area contributed by atoms with Gasteiger partial charge >= 0.3 is 0 Å². The van der Waals surface area contributed by atoms with Gasteiger partial charge in [-0.3, -0.25) is 0 Å². The number of nitrogens with zero attached hydrogens (tertiary/aromatic N) is 1. The van der Waals surface area contributed by atoms with Crippen LogP contribution >= 0.6 is 27.7 Å². The van der Waals surface area contributed by atoms with Crippen molar-refractivity contribution in [3.05, 3.63) is 28.2 Å². The first-order valence-electron chi connectivity index (χ1n) is 6.84. The van der Waals surface area contributed by atoms with E-state index in [2.05, 4.69) is 71.5 Å². The summed E-state index contributed by atoms with van der Waals surface area (Å²) in [5.41, 5.74) is 2.60. The van der Waals surface area contributed by atoms with Gasteiger partial charge in [0.25, 0.3) is 0 Å². The van der Waals surface area contributed by atoms with Crippen molar-refractivity contribution in [2.75, 3.05) is 30.5 Å². The Bertz CT molecular complexity index is 384. The molecule has 0 saturated carbocycles. The number of thioether (sulfide) groups is 1. The van der Waals surface area contributed by atoms with E-state index in [1.165, 1.54) is 27.9 Å². The average molecular weight is 345 g/mol. The molecule has 1 unspecified atom stereocenters. The number of rotatable bonds is 8. The zero-order chi connectivity index (χ0) is 14.3. The third-order valence-corrected chi connectivity index (χ3v) is 4.70. The van der Waals surface area contributed by atoms with E-state index >= 15 is 0 Å². The summed E-state index contributed by atoms with van der Waals surface area (Å²) < 4.78 is 1.19. The molecular formula is C15H25BrN2S. The minimum atomic E-state index is 0.589. The number of nitrogens with one attached hydrogen (secondary N) is 1. The van der Waals surface area contributed by atoms with Crippen molar-refractivity contribution in [1.82, 2.24) is 5.32 Å². The normalized spacial score (nSPS) is 12.5. The van der Waals surface area contributed by atoms with Gasteiger partial charge in [-0.05, 0) is 52.8 Å². The van der Waals surface area contributed by atoms with Crippen LogP contribution in [0, 0.1) is 0 Å². The number of hydrogen-bond donors (Lipinski definition) is 1. The van der Waals surface area contributed by atoms with E-state index in [1.54, 1.807) is 0 Å². The van der Waals surface area contributed by atoms with Gasteiger partial charge < -0.3 is 10.2 Å². The van der Waals surface area contributed by atoms with Crippen molar-refractivity contribution in [3.63, 3.8) is 0 Å². The third kappa shape index (κ3) is 5.01. The molecule has 108 valence electrons. The fourth-order valence-corrected chi connectivity index (χ4v) is 3.66. The maximum absolute atomic E-state index is 3.71. The summed E-state index contributed by atoms with van der Waals surface area (Å²) in [6.07, 6.45) is 3.34. The van der Waals surface area contributed by atoms with E-state index in [9.17, 15) is 0 Å². The lowest BCUT2D eigenvalue weighted by atomic mass is 10.1. The van der Waals surface area contributed by atoms with Gasteiger partial charge in [-0.1, -0.05) is 19.9 Å². The fourth-order valence-electron chi connectivity index (χ4n) is 2.11. The molecule has 19 heavy (non-hydrogen) atoms. The monoisotopic (exact) mass is 344 g/mol. The molecule has 0 spiro atoms. The first kappa shape index (κ1) is 16.9. The molecule has 0 fully saturated rings. The maximum Gasteiger partial charge on any atom is 0.0511 e. The quantitative estimate of drug-likeness (QED) is 0.762. The minimum absolute atomic E-state index is 0.589. The average Bonchev–Trinajstić information content (AvgIpc) is 2.42. The number of halogens is 1. The Hall–Kier alpha value is -0.190. The van der Waals surface area contributed by atoms with Gasteiger partial charge in [0, 0.05) is 29.9 Å². The van der Waals surface area contributed by atoms with E-state index in [1.807, 2.05) is 11.8 Å². The summed E-state index contributed by atoms with van der Waals surface area (Å²) in [6, 6.07) is 7.25. The van der Waals surface area contributed by atoms with Crippen LogP contribution in [-0.4, -0.2) is 31.6 Å². The second kappa shape index (κ2) is 8.88. The summed E-state index contributed by atoms with van der Waals surface area (Å²) in [5, 5.41) is 3.36. The Balaban J connectivity index is 2.82. The standard InChI is InChI=1S/C15H25BrN2S/c1-5-13(11-19-4)18(3)15-8-7-12(9-14(15)16)10-17-6-2/h7-9,13,17H,5-6,10-11H2,1-4H3. The number of hydrogen-bond acceptors (Lipinski definition) is 3. The van der Waals surface area contributed by atoms with Crippen LogP contribution in [0.1, 0.15) is 25.8 Å². The summed E-state index contributed by atoms with van der Waals surface area (Å²) in [4.78, 5) is 2.39. The minimum Gasteiger partial charge on any atom is -0.370 e. The molecule has 0 aromatic heterocycles. The van der Waals surface area contributed by atoms with Crippen LogP contribution in [0.4, 0.5) is 5.69 Å². The highest BCUT2D eigenvalue weighted by atomic mass is 79.9. The molecule has 0 radical (unpaired) electrons. The predicted octanol–water partition coefficient (Wildman–Crippen LogP) is 4.14. The molecule has 1 atom stereocenters. The van der Waals surface area contributed by atoms with Crippen molar-refractivity contribution < 1.29 is 0 Å². The van der Waals surface area contributed by atoms with E-state index in [4.69, 9.17) is 0 Å². The number of benzene rings is 1. The first-order chi connectivity index (χ1) is 9.13. The molecule has 0 aliphatic rings. The summed E-state index contributed by atoms with van der Waals surface area (Å²) in [6.45, 7) is 6.32. The molecule has 0 bridgehead atoms. The fraction of sp³-hybridized carbons (Fsp3) is 0.600. The van der Waals surface area contributed by atoms with Crippen LogP contribution in [0.5, 0.6) is 0 Å². The second-order valence-electron chi connectivity index (χ2n) is 4.69. The highest BCUT2D eigenvalue weighted by Crippen LogP contribution is 2.29. The zero-order valence-electron chi connectivity index (χ0n) is 12.4. The Morgan fingerprint density at radius 1 is 1.37 bits per heavy atom. The lowest BCUT2D eigenvalue weighted by Gasteiger charge is -2.30. The Morgan fingerprint density at radius 2 is 2.11 bits per heavy atom. The molecule has 1 aromatic rings. The first-order valence-corrected chi connectivity index (χ1v) is 9.03. The van der Waals surface area contributed by atoms with Crippen molar-refractivity contribution >= 4 is 33.4 Å². The highest BCUT2D eigenvalue weighted by Gasteiger charge is 2.15. The molecule has 1 rings (SSSR count). The SMILES string of the molecule is CCNCc1ccc(N(C)C(CC)CSC)c(Br)c1. The molecule has 0 amide bonds. The van der Waals surface area contributed by atoms with E-state index in [0.29, 0.717) is 6.04 Å². The van der Waals surface area contributed by atoms with E-state index in [-0.39, 0.29) is 0 Å². The Labute approximate surface area is 130 Å². The molecule has 0 aliphatic heterocycles. The van der Waals surface area contributed by atoms with Gasteiger partial charge in [-0.15, -0.1) is 0 Å². The molecule has 0 heterocycles. The van der Waals surface area contributed by atoms with Gasteiger partial charge in [0.15, 0.2) is 0 Å². The van der Waals surface area contributed by atoms with Crippen LogP contribution in [0.3, 0.4) is 0 Å². The summed E-state index contributed by atoms with van der Waals surface area (Å²) >= 11 is 5.62. The van der Waals surface area contributed by atoms with Gasteiger partial charge in [0.2, 0.25) is 0 Å². The van der Waals surface area contributed by atoms with E-state index in [0.717, 1.165) is 13.1 Å². The summed E-state index contributed by atoms with van der Waals surface area (Å²) in [5.74, 6) is 1.17. The lowest BCUT2D eigenvalue weighted by molar-refractivity contribution is 0.671. The van der Waals surface area contributed by atoms with Gasteiger partial charge in [0.05, 0.1) is 5.69 Å². The van der Waals surface area contributed by atoms with Crippen LogP contribution in [0.2, 0.25) is 0 Å². The van der Waals surface area contributed by atoms with Crippen molar-refractivity contribution in [3.8, 4) is 0 Å². The maximum atomic E-state index is 3.71. The molecule has 0 aliphatic carbocycles. The molecule has 1 aromatic carbocycles. The van der Waals surface area contributed by atoms with Gasteiger partial charge in [0.1, 0.15) is 0 Å². The largest absolute Gasteiger partial charge is 0.370 e. The van der Waals surface area contributed by atoms with Gasteiger partial charge in [-0.2, -0.15) is 11.8 Å². The molecular weight excluding hydrogens is 320 g/mol. The smallest absolute Gasteiger partial charge is 0.0511 e. The molecule has 1 N–H and O–H groups in total. The molecule has 2 nitrogen and oxygen atoms in total. The van der Waals surface area contributed by atoms with Crippen LogP contribution in [0.25, 0.3) is 0 Å². The zero-order valence-corrected chi connectivity index (χ0v) is 14.8. The molecule has 0 saturated heterocycles. The van der Waals surface area contributed by atoms with Crippen LogP contribution < -0.4 is 10.2 Å². The summed E-state index contributed by atoms with van der Waals surface area (Å²) in [7, 11) is 2.19. The number of anilines is 1. The van der Waals surface area contributed by atoms with Crippen molar-refractivity contribution in [1.29, 1.82) is 0 Å². The van der Waals surface area contributed by atoms with E-state index < -0.39 is 0 Å². The van der Waals surface area contributed by atoms with Gasteiger partial charge in [-0.25, -0.2) is 0 Å². The third-order valence-electron chi connectivity index (χ3n) is 3.35. The molecule has 4 heteroatoms. The Kier molecular flexibility index (Phi) is 7.88. The topological polar surface area (TPSA) is 15.3 Å².